The van der Waals surface area contributed by atoms with Crippen LogP contribution in [0.15, 0.2) is 78.9 Å². The van der Waals surface area contributed by atoms with Crippen molar-refractivity contribution in [2.24, 2.45) is 0 Å². The summed E-state index contributed by atoms with van der Waals surface area (Å²) in [6, 6.07) is 16.3. The highest BCUT2D eigenvalue weighted by Gasteiger charge is 2.34. The van der Waals surface area contributed by atoms with Crippen LogP contribution in [0.4, 0.5) is 13.2 Å². The Labute approximate surface area is 229 Å². The number of nitrogens with zero attached hydrogens (tertiary/aromatic N) is 1. The molecule has 5 nitrogen and oxygen atoms in total. The molecule has 1 heterocycles. The Balaban J connectivity index is 1.42. The number of likely N-dealkylation sites (tertiary alicyclic amines) is 1. The maximum atomic E-state index is 13.6. The molecule has 204 valence electrons. The Kier molecular flexibility index (Phi) is 8.77. The van der Waals surface area contributed by atoms with Crippen molar-refractivity contribution >= 4 is 23.5 Å². The van der Waals surface area contributed by atoms with Gasteiger partial charge in [0, 0.05) is 18.0 Å². The number of hydrogen-bond acceptors (Lipinski definition) is 3. The van der Waals surface area contributed by atoms with Crippen LogP contribution in [0.3, 0.4) is 0 Å². The summed E-state index contributed by atoms with van der Waals surface area (Å²) in [6.45, 7) is 0.511. The molecule has 2 N–H and O–H groups in total. The lowest BCUT2D eigenvalue weighted by molar-refractivity contribution is -0.137. The lowest BCUT2D eigenvalue weighted by Gasteiger charge is -2.23. The first-order chi connectivity index (χ1) is 18.5. The van der Waals surface area contributed by atoms with Gasteiger partial charge >= 0.3 is 12.1 Å². The molecule has 4 rings (SSSR count). The van der Waals surface area contributed by atoms with Crippen molar-refractivity contribution in [3.05, 3.63) is 106 Å². The van der Waals surface area contributed by atoms with Gasteiger partial charge in [-0.15, -0.1) is 0 Å². The van der Waals surface area contributed by atoms with E-state index in [1.807, 2.05) is 0 Å². The lowest BCUT2D eigenvalue weighted by atomic mass is 9.96. The second-order valence-electron chi connectivity index (χ2n) is 9.44. The van der Waals surface area contributed by atoms with Crippen LogP contribution in [0.5, 0.6) is 0 Å². The van der Waals surface area contributed by atoms with Crippen LogP contribution in [-0.4, -0.2) is 39.6 Å². The first-order valence-corrected chi connectivity index (χ1v) is 12.9. The molecule has 0 saturated carbocycles. The zero-order valence-corrected chi connectivity index (χ0v) is 21.6. The molecule has 0 radical (unpaired) electrons. The van der Waals surface area contributed by atoms with Crippen LogP contribution >= 0.6 is 11.6 Å². The summed E-state index contributed by atoms with van der Waals surface area (Å²) < 4.78 is 40.8. The topological polar surface area (TPSA) is 77.8 Å². The third-order valence-electron chi connectivity index (χ3n) is 6.78. The highest BCUT2D eigenvalue weighted by atomic mass is 35.5. The van der Waals surface area contributed by atoms with Gasteiger partial charge in [0.2, 0.25) is 5.91 Å². The molecule has 0 bridgehead atoms. The van der Waals surface area contributed by atoms with E-state index in [4.69, 9.17) is 16.7 Å². The van der Waals surface area contributed by atoms with E-state index in [0.29, 0.717) is 43.4 Å². The minimum atomic E-state index is -4.59. The van der Waals surface area contributed by atoms with Crippen molar-refractivity contribution in [3.8, 4) is 11.1 Å². The van der Waals surface area contributed by atoms with Crippen molar-refractivity contribution in [3.63, 3.8) is 0 Å². The number of carbonyl (C=O) groups is 2. The summed E-state index contributed by atoms with van der Waals surface area (Å²) in [5.74, 6) is -0.964. The molecular weight excluding hydrogens is 531 g/mol. The van der Waals surface area contributed by atoms with Crippen molar-refractivity contribution in [2.45, 2.75) is 44.0 Å². The van der Waals surface area contributed by atoms with Crippen molar-refractivity contribution in [1.29, 1.82) is 0 Å². The molecule has 1 aliphatic heterocycles. The molecule has 0 aliphatic carbocycles. The van der Waals surface area contributed by atoms with E-state index in [1.165, 1.54) is 18.2 Å². The fraction of sp³-hybridized carbons (Fsp3) is 0.267. The molecule has 0 spiro atoms. The van der Waals surface area contributed by atoms with Gasteiger partial charge in [-0.1, -0.05) is 60.2 Å². The van der Waals surface area contributed by atoms with E-state index in [2.05, 4.69) is 0 Å². The zero-order chi connectivity index (χ0) is 28.2. The van der Waals surface area contributed by atoms with E-state index >= 15 is 0 Å². The van der Waals surface area contributed by atoms with Crippen LogP contribution < -0.4 is 0 Å². The maximum absolute atomic E-state index is 13.6. The normalized spacial score (nSPS) is 16.7. The molecule has 3 aromatic carbocycles. The van der Waals surface area contributed by atoms with E-state index in [0.717, 1.165) is 11.6 Å². The first-order valence-electron chi connectivity index (χ1n) is 12.5. The summed E-state index contributed by atoms with van der Waals surface area (Å²) in [5.41, 5.74) is 1.04. The van der Waals surface area contributed by atoms with E-state index < -0.39 is 23.8 Å². The lowest BCUT2D eigenvalue weighted by Crippen LogP contribution is -2.33. The Morgan fingerprint density at radius 2 is 1.85 bits per heavy atom. The van der Waals surface area contributed by atoms with Gasteiger partial charge in [0.05, 0.1) is 23.3 Å². The van der Waals surface area contributed by atoms with Crippen molar-refractivity contribution in [2.75, 3.05) is 6.54 Å². The second-order valence-corrected chi connectivity index (χ2v) is 9.88. The Morgan fingerprint density at radius 1 is 1.10 bits per heavy atom. The molecule has 1 fully saturated rings. The van der Waals surface area contributed by atoms with Gasteiger partial charge in [0.1, 0.15) is 0 Å². The molecule has 1 saturated heterocycles. The number of aromatic carboxylic acids is 1. The summed E-state index contributed by atoms with van der Waals surface area (Å²) in [5, 5.41) is 19.8. The number of benzene rings is 3. The number of amides is 1. The van der Waals surface area contributed by atoms with Crippen molar-refractivity contribution in [1.82, 2.24) is 4.90 Å². The third kappa shape index (κ3) is 7.07. The van der Waals surface area contributed by atoms with Gasteiger partial charge in [0.25, 0.3) is 0 Å². The number of aliphatic hydroxyl groups is 1. The molecule has 1 amide bonds. The number of alkyl halides is 3. The number of carbonyl (C=O) groups excluding carboxylic acids is 1. The Morgan fingerprint density at radius 3 is 2.54 bits per heavy atom. The minimum Gasteiger partial charge on any atom is -0.478 e. The fourth-order valence-corrected chi connectivity index (χ4v) is 4.92. The van der Waals surface area contributed by atoms with E-state index in [1.54, 1.807) is 59.5 Å². The fourth-order valence-electron chi connectivity index (χ4n) is 4.75. The number of rotatable bonds is 9. The van der Waals surface area contributed by atoms with Crippen LogP contribution in [0.2, 0.25) is 5.02 Å². The highest BCUT2D eigenvalue weighted by molar-refractivity contribution is 6.30. The van der Waals surface area contributed by atoms with Crippen molar-refractivity contribution < 1.29 is 33.0 Å². The smallest absolute Gasteiger partial charge is 0.417 e. The minimum absolute atomic E-state index is 0.0167. The Bertz CT molecular complexity index is 1370. The average Bonchev–Trinajstić information content (AvgIpc) is 3.26. The largest absolute Gasteiger partial charge is 0.478 e. The number of halogens is 4. The molecule has 2 unspecified atom stereocenters. The maximum Gasteiger partial charge on any atom is 0.417 e. The van der Waals surface area contributed by atoms with Crippen LogP contribution in [0.25, 0.3) is 11.1 Å². The molecule has 0 aromatic heterocycles. The van der Waals surface area contributed by atoms with Crippen LogP contribution in [0, 0.1) is 0 Å². The molecule has 3 aromatic rings. The van der Waals surface area contributed by atoms with Gasteiger partial charge in [-0.25, -0.2) is 4.79 Å². The molecule has 2 atom stereocenters. The number of carboxylic acids is 1. The summed E-state index contributed by atoms with van der Waals surface area (Å²) >= 11 is 5.80. The quantitative estimate of drug-likeness (QED) is 0.279. The standard InChI is InChI=1S/C30H27ClF3NO4/c31-23-10-13-25(26(18-23)30(32,33)34)21-4-1-5-22(17-21)27(36)14-11-24-12-15-28(37)35(24)16-2-3-19-6-8-20(9-7-19)29(38)39/h1,4-11,13-14,17-18,24,27,36H,2-3,12,15-16H2,(H,38,39)/b14-11+. The first kappa shape index (κ1) is 28.4. The summed E-state index contributed by atoms with van der Waals surface area (Å²) in [7, 11) is 0. The number of aryl methyl sites for hydroxylation is 1. The molecule has 1 aliphatic rings. The predicted octanol–water partition coefficient (Wildman–Crippen LogP) is 6.94. The third-order valence-corrected chi connectivity index (χ3v) is 7.02. The van der Waals surface area contributed by atoms with Gasteiger partial charge in [-0.2, -0.15) is 13.2 Å². The SMILES string of the molecule is O=C(O)c1ccc(CCCN2C(=O)CCC2/C=C/C(O)c2cccc(-c3ccc(Cl)cc3C(F)(F)F)c2)cc1. The monoisotopic (exact) mass is 557 g/mol. The number of carboxylic acid groups (broad SMARTS) is 1. The summed E-state index contributed by atoms with van der Waals surface area (Å²) in [4.78, 5) is 25.2. The summed E-state index contributed by atoms with van der Waals surface area (Å²) in [6.07, 6.45) is 0.0434. The Hall–Kier alpha value is -3.62. The van der Waals surface area contributed by atoms with Gasteiger partial charge < -0.3 is 15.1 Å². The van der Waals surface area contributed by atoms with Gasteiger partial charge in [0.15, 0.2) is 0 Å². The highest BCUT2D eigenvalue weighted by Crippen LogP contribution is 2.39. The van der Waals surface area contributed by atoms with Crippen LogP contribution in [-0.2, 0) is 17.4 Å². The van der Waals surface area contributed by atoms with E-state index in [-0.39, 0.29) is 28.1 Å². The number of aliphatic hydroxyl groups excluding tert-OH is 1. The molecule has 9 heteroatoms. The molecular formula is C30H27ClF3NO4. The van der Waals surface area contributed by atoms with E-state index in [9.17, 15) is 27.9 Å². The van der Waals surface area contributed by atoms with Gasteiger partial charge in [-0.3, -0.25) is 4.79 Å². The average molecular weight is 558 g/mol. The number of hydrogen-bond donors (Lipinski definition) is 2. The molecule has 39 heavy (non-hydrogen) atoms. The predicted molar refractivity (Wildman–Crippen MR) is 142 cm³/mol. The second kappa shape index (κ2) is 12.1. The van der Waals surface area contributed by atoms with Crippen LogP contribution in [0.1, 0.15) is 52.4 Å². The van der Waals surface area contributed by atoms with Gasteiger partial charge in [-0.05, 0) is 71.8 Å². The zero-order valence-electron chi connectivity index (χ0n) is 20.9.